The SMILES string of the molecule is O=C1CCC(N2Cc3cc(CNC(=O)c4ncc(-c5cccc(Cl)c5)cn4)ccc3C2=O)C(=O)N1. The molecule has 0 radical (unpaired) electrons. The molecule has 176 valence electrons. The molecule has 9 nitrogen and oxygen atoms in total. The number of aromatic nitrogens is 2. The van der Waals surface area contributed by atoms with Gasteiger partial charge in [-0.3, -0.25) is 24.5 Å². The maximum atomic E-state index is 12.8. The van der Waals surface area contributed by atoms with E-state index in [0.29, 0.717) is 17.0 Å². The molecule has 0 spiro atoms. The summed E-state index contributed by atoms with van der Waals surface area (Å²) in [5.41, 5.74) is 3.68. The fourth-order valence-corrected chi connectivity index (χ4v) is 4.45. The summed E-state index contributed by atoms with van der Waals surface area (Å²) < 4.78 is 0. The van der Waals surface area contributed by atoms with E-state index in [0.717, 1.165) is 22.3 Å². The number of rotatable bonds is 5. The second-order valence-corrected chi connectivity index (χ2v) is 8.82. The van der Waals surface area contributed by atoms with E-state index in [9.17, 15) is 19.2 Å². The quantitative estimate of drug-likeness (QED) is 0.531. The van der Waals surface area contributed by atoms with Gasteiger partial charge in [0.2, 0.25) is 17.6 Å². The zero-order valence-corrected chi connectivity index (χ0v) is 19.2. The number of hydrogen-bond acceptors (Lipinski definition) is 6. The first kappa shape index (κ1) is 22.7. The van der Waals surface area contributed by atoms with Crippen molar-refractivity contribution in [2.75, 3.05) is 0 Å². The highest BCUT2D eigenvalue weighted by Crippen LogP contribution is 2.28. The monoisotopic (exact) mass is 489 g/mol. The Bertz CT molecular complexity index is 1360. The average molecular weight is 490 g/mol. The number of carbonyl (C=O) groups excluding carboxylic acids is 4. The minimum absolute atomic E-state index is 0.0381. The Hall–Kier alpha value is -4.11. The number of benzene rings is 2. The Morgan fingerprint density at radius 3 is 2.63 bits per heavy atom. The van der Waals surface area contributed by atoms with Crippen LogP contribution in [0.2, 0.25) is 5.02 Å². The molecule has 0 bridgehead atoms. The first-order chi connectivity index (χ1) is 16.9. The number of nitrogens with one attached hydrogen (secondary N) is 2. The van der Waals surface area contributed by atoms with Crippen molar-refractivity contribution in [1.82, 2.24) is 25.5 Å². The van der Waals surface area contributed by atoms with Crippen LogP contribution in [0.1, 0.15) is 44.9 Å². The summed E-state index contributed by atoms with van der Waals surface area (Å²) in [6, 6.07) is 11.9. The van der Waals surface area contributed by atoms with Gasteiger partial charge in [-0.25, -0.2) is 9.97 Å². The second-order valence-electron chi connectivity index (χ2n) is 8.38. The largest absolute Gasteiger partial charge is 0.345 e. The Balaban J connectivity index is 1.22. The zero-order valence-electron chi connectivity index (χ0n) is 18.5. The van der Waals surface area contributed by atoms with Crippen molar-refractivity contribution in [1.29, 1.82) is 0 Å². The fourth-order valence-electron chi connectivity index (χ4n) is 4.26. The molecule has 3 aromatic rings. The van der Waals surface area contributed by atoms with Crippen LogP contribution in [0.15, 0.2) is 54.9 Å². The van der Waals surface area contributed by atoms with Crippen LogP contribution in [-0.2, 0) is 22.7 Å². The lowest BCUT2D eigenvalue weighted by Crippen LogP contribution is -2.52. The Kier molecular flexibility index (Phi) is 6.00. The van der Waals surface area contributed by atoms with Crippen molar-refractivity contribution in [3.63, 3.8) is 0 Å². The number of nitrogens with zero attached hydrogens (tertiary/aromatic N) is 3. The van der Waals surface area contributed by atoms with E-state index in [-0.39, 0.29) is 37.1 Å². The number of piperidine rings is 1. The second kappa shape index (κ2) is 9.27. The molecule has 3 heterocycles. The summed E-state index contributed by atoms with van der Waals surface area (Å²) in [7, 11) is 0. The van der Waals surface area contributed by atoms with Gasteiger partial charge in [-0.15, -0.1) is 0 Å². The normalized spacial score (nSPS) is 17.2. The molecule has 2 aromatic carbocycles. The van der Waals surface area contributed by atoms with Gasteiger partial charge in [0.15, 0.2) is 0 Å². The number of amides is 4. The van der Waals surface area contributed by atoms with Crippen LogP contribution < -0.4 is 10.6 Å². The number of carbonyl (C=O) groups is 4. The maximum Gasteiger partial charge on any atom is 0.289 e. The van der Waals surface area contributed by atoms with Crippen LogP contribution in [0.5, 0.6) is 0 Å². The van der Waals surface area contributed by atoms with Crippen molar-refractivity contribution < 1.29 is 19.2 Å². The topological polar surface area (TPSA) is 121 Å². The lowest BCUT2D eigenvalue weighted by atomic mass is 10.0. The summed E-state index contributed by atoms with van der Waals surface area (Å²) in [6.07, 6.45) is 3.65. The van der Waals surface area contributed by atoms with Gasteiger partial charge in [0, 0.05) is 48.1 Å². The number of halogens is 1. The van der Waals surface area contributed by atoms with Crippen LogP contribution in [-0.4, -0.2) is 44.5 Å². The van der Waals surface area contributed by atoms with E-state index in [4.69, 9.17) is 11.6 Å². The third kappa shape index (κ3) is 4.63. The lowest BCUT2D eigenvalue weighted by molar-refractivity contribution is -0.136. The van der Waals surface area contributed by atoms with E-state index in [1.54, 1.807) is 36.7 Å². The van der Waals surface area contributed by atoms with Gasteiger partial charge in [-0.2, -0.15) is 0 Å². The van der Waals surface area contributed by atoms with Crippen LogP contribution in [0, 0.1) is 0 Å². The molecule has 1 aromatic heterocycles. The van der Waals surface area contributed by atoms with Crippen molar-refractivity contribution in [3.05, 3.63) is 82.4 Å². The molecule has 2 N–H and O–H groups in total. The van der Waals surface area contributed by atoms with E-state index in [2.05, 4.69) is 20.6 Å². The molecular weight excluding hydrogens is 470 g/mol. The minimum Gasteiger partial charge on any atom is -0.345 e. The van der Waals surface area contributed by atoms with Crippen molar-refractivity contribution in [2.24, 2.45) is 0 Å². The number of fused-ring (bicyclic) bond motifs is 1. The van der Waals surface area contributed by atoms with Gasteiger partial charge < -0.3 is 10.2 Å². The standard InChI is InChI=1S/C25H20ClN5O4/c26-18-3-1-2-15(9-18)17-11-27-22(28-12-17)24(34)29-10-14-4-5-19-16(8-14)13-31(25(19)35)20-6-7-21(32)30-23(20)33/h1-5,8-9,11-12,20H,6-7,10,13H2,(H,29,34)(H,30,32,33). The van der Waals surface area contributed by atoms with E-state index < -0.39 is 17.9 Å². The highest BCUT2D eigenvalue weighted by atomic mass is 35.5. The predicted octanol–water partition coefficient (Wildman–Crippen LogP) is 2.49. The Morgan fingerprint density at radius 1 is 1.09 bits per heavy atom. The first-order valence-electron chi connectivity index (χ1n) is 11.0. The third-order valence-electron chi connectivity index (χ3n) is 6.05. The van der Waals surface area contributed by atoms with Gasteiger partial charge in [0.05, 0.1) is 0 Å². The van der Waals surface area contributed by atoms with Crippen LogP contribution in [0.3, 0.4) is 0 Å². The van der Waals surface area contributed by atoms with Crippen molar-refractivity contribution in [2.45, 2.75) is 32.0 Å². The zero-order chi connectivity index (χ0) is 24.5. The van der Waals surface area contributed by atoms with Gasteiger partial charge >= 0.3 is 0 Å². The van der Waals surface area contributed by atoms with Gasteiger partial charge in [0.25, 0.3) is 11.8 Å². The molecule has 0 saturated carbocycles. The lowest BCUT2D eigenvalue weighted by Gasteiger charge is -2.29. The smallest absolute Gasteiger partial charge is 0.289 e. The summed E-state index contributed by atoms with van der Waals surface area (Å²) in [5, 5.41) is 5.68. The molecule has 2 aliphatic heterocycles. The molecular formula is C25H20ClN5O4. The minimum atomic E-state index is -0.664. The number of hydrogen-bond donors (Lipinski definition) is 2. The molecule has 35 heavy (non-hydrogen) atoms. The summed E-state index contributed by atoms with van der Waals surface area (Å²) in [6.45, 7) is 0.494. The Morgan fingerprint density at radius 2 is 1.89 bits per heavy atom. The molecule has 4 amide bonds. The molecule has 1 fully saturated rings. The van der Waals surface area contributed by atoms with Crippen LogP contribution >= 0.6 is 11.6 Å². The molecule has 1 saturated heterocycles. The van der Waals surface area contributed by atoms with Gasteiger partial charge in [0.1, 0.15) is 6.04 Å². The predicted molar refractivity (Wildman–Crippen MR) is 126 cm³/mol. The van der Waals surface area contributed by atoms with Gasteiger partial charge in [-0.1, -0.05) is 35.9 Å². The van der Waals surface area contributed by atoms with Crippen molar-refractivity contribution in [3.8, 4) is 11.1 Å². The molecule has 10 heteroatoms. The summed E-state index contributed by atoms with van der Waals surface area (Å²) >= 11 is 6.02. The van der Waals surface area contributed by atoms with Crippen LogP contribution in [0.25, 0.3) is 11.1 Å². The van der Waals surface area contributed by atoms with E-state index in [1.165, 1.54) is 4.90 Å². The maximum absolute atomic E-state index is 12.8. The summed E-state index contributed by atoms with van der Waals surface area (Å²) in [4.78, 5) is 58.8. The third-order valence-corrected chi connectivity index (χ3v) is 6.29. The van der Waals surface area contributed by atoms with E-state index in [1.807, 2.05) is 18.2 Å². The highest BCUT2D eigenvalue weighted by Gasteiger charge is 2.39. The average Bonchev–Trinajstić information content (AvgIpc) is 3.18. The molecule has 0 aliphatic carbocycles. The molecule has 1 atom stereocenters. The fraction of sp³-hybridized carbons (Fsp3) is 0.200. The molecule has 1 unspecified atom stereocenters. The molecule has 2 aliphatic rings. The van der Waals surface area contributed by atoms with Gasteiger partial charge in [-0.05, 0) is 41.3 Å². The number of imide groups is 1. The van der Waals surface area contributed by atoms with Crippen molar-refractivity contribution >= 4 is 35.2 Å². The summed E-state index contributed by atoms with van der Waals surface area (Å²) in [5.74, 6) is -1.40. The molecule has 5 rings (SSSR count). The first-order valence-corrected chi connectivity index (χ1v) is 11.4. The van der Waals surface area contributed by atoms with E-state index >= 15 is 0 Å². The Labute approximate surface area is 205 Å². The van der Waals surface area contributed by atoms with Crippen LogP contribution in [0.4, 0.5) is 0 Å². The highest BCUT2D eigenvalue weighted by molar-refractivity contribution is 6.30.